The summed E-state index contributed by atoms with van der Waals surface area (Å²) >= 11 is 0. The largest absolute Gasteiger partial charge is 0.347 e. The summed E-state index contributed by atoms with van der Waals surface area (Å²) < 4.78 is 1.87. The number of aromatic amines is 1. The molecule has 5 rings (SSSR count). The van der Waals surface area contributed by atoms with Gasteiger partial charge in [0.15, 0.2) is 5.65 Å². The number of imidazole rings is 1. The number of hydrogen-bond donors (Lipinski definition) is 1. The Hall–Kier alpha value is -3.22. The van der Waals surface area contributed by atoms with Crippen molar-refractivity contribution in [3.8, 4) is 5.69 Å². The molecule has 1 aliphatic heterocycles. The van der Waals surface area contributed by atoms with Crippen LogP contribution in [0.3, 0.4) is 0 Å². The summed E-state index contributed by atoms with van der Waals surface area (Å²) in [6.45, 7) is 0.952. The van der Waals surface area contributed by atoms with E-state index in [1.165, 1.54) is 6.42 Å². The maximum atomic E-state index is 4.62. The topological polar surface area (TPSA) is 75.5 Å². The first-order valence-corrected chi connectivity index (χ1v) is 8.92. The van der Waals surface area contributed by atoms with Gasteiger partial charge in [-0.05, 0) is 31.4 Å². The van der Waals surface area contributed by atoms with E-state index in [2.05, 4.69) is 29.9 Å². The average Bonchev–Trinajstić information content (AvgIpc) is 3.38. The van der Waals surface area contributed by atoms with Gasteiger partial charge in [-0.25, -0.2) is 19.6 Å². The fraction of sp³-hybridized carbons (Fsp3) is 0.263. The lowest BCUT2D eigenvalue weighted by Gasteiger charge is -2.35. The fourth-order valence-corrected chi connectivity index (χ4v) is 3.75. The smallest absolute Gasteiger partial charge is 0.168 e. The molecule has 3 aromatic heterocycles. The van der Waals surface area contributed by atoms with Gasteiger partial charge in [-0.3, -0.25) is 0 Å². The summed E-state index contributed by atoms with van der Waals surface area (Å²) in [6.07, 6.45) is 10.6. The Morgan fingerprint density at radius 3 is 2.81 bits per heavy atom. The van der Waals surface area contributed by atoms with Gasteiger partial charge in [0.2, 0.25) is 0 Å². The van der Waals surface area contributed by atoms with E-state index in [-0.39, 0.29) is 6.04 Å². The number of piperidine rings is 1. The first-order valence-electron chi connectivity index (χ1n) is 8.92. The van der Waals surface area contributed by atoms with Crippen LogP contribution in [-0.4, -0.2) is 36.3 Å². The van der Waals surface area contributed by atoms with E-state index in [9.17, 15) is 0 Å². The van der Waals surface area contributed by atoms with Crippen LogP contribution in [0, 0.1) is 0 Å². The first kappa shape index (κ1) is 15.1. The fourth-order valence-electron chi connectivity index (χ4n) is 3.75. The molecule has 1 N–H and O–H groups in total. The van der Waals surface area contributed by atoms with Gasteiger partial charge in [-0.2, -0.15) is 5.10 Å². The number of H-pyrrole nitrogens is 1. The summed E-state index contributed by atoms with van der Waals surface area (Å²) in [5.74, 6) is 1.92. The summed E-state index contributed by atoms with van der Waals surface area (Å²) in [7, 11) is 0. The molecule has 1 fully saturated rings. The monoisotopic (exact) mass is 345 g/mol. The zero-order valence-electron chi connectivity index (χ0n) is 14.3. The van der Waals surface area contributed by atoms with Crippen molar-refractivity contribution < 1.29 is 0 Å². The zero-order chi connectivity index (χ0) is 17.3. The molecule has 0 spiro atoms. The Labute approximate surface area is 150 Å². The summed E-state index contributed by atoms with van der Waals surface area (Å²) in [4.78, 5) is 19.2. The Morgan fingerprint density at radius 1 is 1.04 bits per heavy atom. The first-order chi connectivity index (χ1) is 12.9. The maximum absolute atomic E-state index is 4.62. The summed E-state index contributed by atoms with van der Waals surface area (Å²) in [5, 5.41) is 5.54. The molecule has 26 heavy (non-hydrogen) atoms. The van der Waals surface area contributed by atoms with Gasteiger partial charge in [0.1, 0.15) is 18.0 Å². The van der Waals surface area contributed by atoms with Gasteiger partial charge < -0.3 is 9.88 Å². The number of rotatable bonds is 3. The predicted molar refractivity (Wildman–Crippen MR) is 99.2 cm³/mol. The molecule has 0 aliphatic carbocycles. The highest BCUT2D eigenvalue weighted by molar-refractivity contribution is 5.87. The third-order valence-electron chi connectivity index (χ3n) is 4.96. The Bertz CT molecular complexity index is 1010. The SMILES string of the molecule is c1ccc(-n2ncc3c(N4CCCCC4c4ncc[nH]4)ncnc32)cc1. The molecule has 130 valence electrons. The van der Waals surface area contributed by atoms with E-state index in [4.69, 9.17) is 0 Å². The zero-order valence-corrected chi connectivity index (χ0v) is 14.3. The third-order valence-corrected chi connectivity index (χ3v) is 4.96. The molecule has 0 radical (unpaired) electrons. The Morgan fingerprint density at radius 2 is 1.96 bits per heavy atom. The molecule has 1 aromatic carbocycles. The molecule has 4 aromatic rings. The predicted octanol–water partition coefficient (Wildman–Crippen LogP) is 3.27. The normalized spacial score (nSPS) is 17.7. The number of fused-ring (bicyclic) bond motifs is 1. The second-order valence-electron chi connectivity index (χ2n) is 6.51. The lowest BCUT2D eigenvalue weighted by molar-refractivity contribution is 0.456. The van der Waals surface area contributed by atoms with E-state index in [1.807, 2.05) is 53.6 Å². The van der Waals surface area contributed by atoms with Crippen LogP contribution >= 0.6 is 0 Å². The number of nitrogens with zero attached hydrogens (tertiary/aromatic N) is 6. The quantitative estimate of drug-likeness (QED) is 0.617. The van der Waals surface area contributed by atoms with Gasteiger partial charge in [-0.15, -0.1) is 0 Å². The van der Waals surface area contributed by atoms with Crippen molar-refractivity contribution in [2.45, 2.75) is 25.3 Å². The van der Waals surface area contributed by atoms with Crippen LogP contribution in [0.15, 0.2) is 55.2 Å². The molecule has 4 heterocycles. The number of nitrogens with one attached hydrogen (secondary N) is 1. The standard InChI is InChI=1S/C19H19N7/c1-2-6-14(7-3-1)26-19-15(12-24-26)18(22-13-23-19)25-11-5-4-8-16(25)17-20-9-10-21-17/h1-3,6-7,9-10,12-13,16H,4-5,8,11H2,(H,20,21). The highest BCUT2D eigenvalue weighted by Gasteiger charge is 2.28. The van der Waals surface area contributed by atoms with Crippen LogP contribution in [0.1, 0.15) is 31.1 Å². The van der Waals surface area contributed by atoms with Gasteiger partial charge in [0.25, 0.3) is 0 Å². The molecule has 7 nitrogen and oxygen atoms in total. The van der Waals surface area contributed by atoms with Crippen LogP contribution in [0.4, 0.5) is 5.82 Å². The molecule has 1 aliphatic rings. The second kappa shape index (κ2) is 6.25. The Balaban J connectivity index is 1.62. The van der Waals surface area contributed by atoms with Crippen molar-refractivity contribution in [3.05, 3.63) is 61.1 Å². The molecule has 1 atom stereocenters. The maximum Gasteiger partial charge on any atom is 0.168 e. The minimum Gasteiger partial charge on any atom is -0.347 e. The molecular formula is C19H19N7. The van der Waals surface area contributed by atoms with E-state index >= 15 is 0 Å². The van der Waals surface area contributed by atoms with Crippen LogP contribution in [-0.2, 0) is 0 Å². The van der Waals surface area contributed by atoms with E-state index < -0.39 is 0 Å². The van der Waals surface area contributed by atoms with Gasteiger partial charge in [0.05, 0.1) is 23.3 Å². The molecule has 0 amide bonds. The van der Waals surface area contributed by atoms with Crippen LogP contribution in [0.2, 0.25) is 0 Å². The van der Waals surface area contributed by atoms with Crippen molar-refractivity contribution in [2.24, 2.45) is 0 Å². The molecular weight excluding hydrogens is 326 g/mol. The summed E-state index contributed by atoms with van der Waals surface area (Å²) in [5.41, 5.74) is 1.82. The highest BCUT2D eigenvalue weighted by atomic mass is 15.3. The van der Waals surface area contributed by atoms with Crippen molar-refractivity contribution in [3.63, 3.8) is 0 Å². The van der Waals surface area contributed by atoms with Gasteiger partial charge >= 0.3 is 0 Å². The molecule has 1 saturated heterocycles. The van der Waals surface area contributed by atoms with Crippen LogP contribution < -0.4 is 4.90 Å². The third kappa shape index (κ3) is 2.44. The second-order valence-corrected chi connectivity index (χ2v) is 6.51. The Kier molecular flexibility index (Phi) is 3.62. The minimum atomic E-state index is 0.205. The lowest BCUT2D eigenvalue weighted by Crippen LogP contribution is -2.34. The number of aromatic nitrogens is 6. The molecule has 0 bridgehead atoms. The van der Waals surface area contributed by atoms with Crippen molar-refractivity contribution >= 4 is 16.9 Å². The minimum absolute atomic E-state index is 0.205. The van der Waals surface area contributed by atoms with Gasteiger partial charge in [0, 0.05) is 18.9 Å². The highest BCUT2D eigenvalue weighted by Crippen LogP contribution is 2.35. The van der Waals surface area contributed by atoms with Gasteiger partial charge in [-0.1, -0.05) is 18.2 Å². The van der Waals surface area contributed by atoms with E-state index in [1.54, 1.807) is 6.33 Å². The van der Waals surface area contributed by atoms with Crippen molar-refractivity contribution in [1.29, 1.82) is 0 Å². The number of para-hydroxylation sites is 1. The van der Waals surface area contributed by atoms with Crippen molar-refractivity contribution in [2.75, 3.05) is 11.4 Å². The number of anilines is 1. The lowest BCUT2D eigenvalue weighted by atomic mass is 10.0. The number of hydrogen-bond acceptors (Lipinski definition) is 5. The molecule has 0 saturated carbocycles. The number of benzene rings is 1. The van der Waals surface area contributed by atoms with Crippen molar-refractivity contribution in [1.82, 2.24) is 29.7 Å². The van der Waals surface area contributed by atoms with Crippen LogP contribution in [0.5, 0.6) is 0 Å². The average molecular weight is 345 g/mol. The molecule has 1 unspecified atom stereocenters. The van der Waals surface area contributed by atoms with E-state index in [0.717, 1.165) is 47.7 Å². The van der Waals surface area contributed by atoms with Crippen LogP contribution in [0.25, 0.3) is 16.7 Å². The molecule has 7 heteroatoms. The summed E-state index contributed by atoms with van der Waals surface area (Å²) in [6, 6.07) is 10.3. The van der Waals surface area contributed by atoms with E-state index in [0.29, 0.717) is 0 Å².